The van der Waals surface area contributed by atoms with Gasteiger partial charge in [-0.2, -0.15) is 5.10 Å². The largest absolute Gasteiger partial charge is 0.228 e. The van der Waals surface area contributed by atoms with Gasteiger partial charge in [-0.15, -0.1) is 5.10 Å². The Morgan fingerprint density at radius 2 is 1.93 bits per heavy atom. The van der Waals surface area contributed by atoms with Crippen LogP contribution in [-0.2, 0) is 5.75 Å². The molecule has 0 bridgehead atoms. The summed E-state index contributed by atoms with van der Waals surface area (Å²) >= 11 is 1.59. The predicted octanol–water partition coefficient (Wildman–Crippen LogP) is 2.16. The van der Waals surface area contributed by atoms with Crippen molar-refractivity contribution in [2.45, 2.75) is 10.9 Å². The summed E-state index contributed by atoms with van der Waals surface area (Å²) in [4.78, 5) is 4.08. The number of nitrogens with zero attached hydrogens (tertiary/aromatic N) is 3. The SMILES string of the molecule is c1ccc(CSc2nccnn2)cc1. The molecule has 0 saturated heterocycles. The molecule has 0 saturated carbocycles. The lowest BCUT2D eigenvalue weighted by atomic mass is 10.2. The second-order valence-electron chi connectivity index (χ2n) is 2.70. The molecule has 0 fully saturated rings. The Labute approximate surface area is 86.6 Å². The van der Waals surface area contributed by atoms with Gasteiger partial charge in [0.25, 0.3) is 0 Å². The van der Waals surface area contributed by atoms with Crippen LogP contribution in [0.1, 0.15) is 5.56 Å². The first-order chi connectivity index (χ1) is 6.95. The highest BCUT2D eigenvalue weighted by atomic mass is 32.2. The van der Waals surface area contributed by atoms with Crippen molar-refractivity contribution in [2.24, 2.45) is 0 Å². The normalized spacial score (nSPS) is 10.0. The zero-order chi connectivity index (χ0) is 9.64. The third-order valence-electron chi connectivity index (χ3n) is 1.67. The second kappa shape index (κ2) is 4.72. The molecule has 0 N–H and O–H groups in total. The molecule has 70 valence electrons. The molecule has 4 heteroatoms. The minimum Gasteiger partial charge on any atom is -0.228 e. The van der Waals surface area contributed by atoms with Crippen molar-refractivity contribution in [1.82, 2.24) is 15.2 Å². The summed E-state index contributed by atoms with van der Waals surface area (Å²) in [7, 11) is 0. The Morgan fingerprint density at radius 1 is 1.07 bits per heavy atom. The number of aromatic nitrogens is 3. The van der Waals surface area contributed by atoms with Crippen LogP contribution in [-0.4, -0.2) is 15.2 Å². The average molecular weight is 203 g/mol. The van der Waals surface area contributed by atoms with Crippen molar-refractivity contribution in [1.29, 1.82) is 0 Å². The van der Waals surface area contributed by atoms with Gasteiger partial charge in [0, 0.05) is 5.75 Å². The lowest BCUT2D eigenvalue weighted by Crippen LogP contribution is -1.88. The third kappa shape index (κ3) is 2.53. The van der Waals surface area contributed by atoms with Gasteiger partial charge < -0.3 is 0 Å². The molecule has 0 unspecified atom stereocenters. The van der Waals surface area contributed by atoms with Gasteiger partial charge in [0.05, 0.1) is 12.4 Å². The molecule has 0 amide bonds. The molecular formula is C10H9N3S. The zero-order valence-electron chi connectivity index (χ0n) is 7.50. The molecule has 0 aliphatic carbocycles. The molecule has 0 radical (unpaired) electrons. The fourth-order valence-corrected chi connectivity index (χ4v) is 1.75. The van der Waals surface area contributed by atoms with Gasteiger partial charge in [-0.3, -0.25) is 0 Å². The van der Waals surface area contributed by atoms with E-state index in [9.17, 15) is 0 Å². The van der Waals surface area contributed by atoms with Crippen LogP contribution in [0.25, 0.3) is 0 Å². The number of hydrogen-bond donors (Lipinski definition) is 0. The summed E-state index contributed by atoms with van der Waals surface area (Å²) in [6, 6.07) is 10.2. The van der Waals surface area contributed by atoms with Crippen LogP contribution in [0.3, 0.4) is 0 Å². The first kappa shape index (κ1) is 9.15. The standard InChI is InChI=1S/C10H9N3S/c1-2-4-9(5-3-1)8-14-10-11-6-7-12-13-10/h1-7H,8H2. The van der Waals surface area contributed by atoms with E-state index in [0.29, 0.717) is 0 Å². The first-order valence-electron chi connectivity index (χ1n) is 4.25. The molecule has 3 nitrogen and oxygen atoms in total. The van der Waals surface area contributed by atoms with Crippen LogP contribution in [0.2, 0.25) is 0 Å². The van der Waals surface area contributed by atoms with Crippen LogP contribution in [0.15, 0.2) is 47.9 Å². The van der Waals surface area contributed by atoms with Crippen LogP contribution < -0.4 is 0 Å². The highest BCUT2D eigenvalue weighted by Gasteiger charge is 1.97. The Balaban J connectivity index is 1.96. The van der Waals surface area contributed by atoms with Gasteiger partial charge >= 0.3 is 0 Å². The molecule has 0 aliphatic heterocycles. The van der Waals surface area contributed by atoms with Crippen LogP contribution in [0.4, 0.5) is 0 Å². The zero-order valence-corrected chi connectivity index (χ0v) is 8.31. The van der Waals surface area contributed by atoms with Gasteiger partial charge in [0.15, 0.2) is 0 Å². The fraction of sp³-hybridized carbons (Fsp3) is 0.100. The van der Waals surface area contributed by atoms with E-state index in [1.165, 1.54) is 5.56 Å². The Morgan fingerprint density at radius 3 is 2.64 bits per heavy atom. The smallest absolute Gasteiger partial charge is 0.209 e. The number of rotatable bonds is 3. The molecule has 1 aromatic carbocycles. The van der Waals surface area contributed by atoms with Gasteiger partial charge in [0.1, 0.15) is 0 Å². The van der Waals surface area contributed by atoms with Crippen molar-refractivity contribution in [2.75, 3.05) is 0 Å². The van der Waals surface area contributed by atoms with Crippen molar-refractivity contribution in [3.05, 3.63) is 48.3 Å². The van der Waals surface area contributed by atoms with Crippen molar-refractivity contribution < 1.29 is 0 Å². The van der Waals surface area contributed by atoms with E-state index in [2.05, 4.69) is 27.3 Å². The monoisotopic (exact) mass is 203 g/mol. The number of hydrogen-bond acceptors (Lipinski definition) is 4. The molecule has 2 aromatic rings. The topological polar surface area (TPSA) is 38.7 Å². The van der Waals surface area contributed by atoms with E-state index >= 15 is 0 Å². The molecular weight excluding hydrogens is 194 g/mol. The van der Waals surface area contributed by atoms with Gasteiger partial charge in [-0.25, -0.2) is 4.98 Å². The quantitative estimate of drug-likeness (QED) is 0.716. The predicted molar refractivity (Wildman–Crippen MR) is 55.8 cm³/mol. The molecule has 1 aromatic heterocycles. The second-order valence-corrected chi connectivity index (χ2v) is 3.64. The maximum atomic E-state index is 4.08. The summed E-state index contributed by atoms with van der Waals surface area (Å²) in [5.74, 6) is 0.881. The third-order valence-corrected chi connectivity index (χ3v) is 2.60. The van der Waals surface area contributed by atoms with Crippen LogP contribution in [0, 0.1) is 0 Å². The summed E-state index contributed by atoms with van der Waals surface area (Å²) in [6.07, 6.45) is 3.23. The molecule has 14 heavy (non-hydrogen) atoms. The van der Waals surface area contributed by atoms with Gasteiger partial charge in [0.2, 0.25) is 5.16 Å². The van der Waals surface area contributed by atoms with E-state index in [1.807, 2.05) is 18.2 Å². The highest BCUT2D eigenvalue weighted by Crippen LogP contribution is 2.17. The Kier molecular flexibility index (Phi) is 3.08. The summed E-state index contributed by atoms with van der Waals surface area (Å²) in [5.41, 5.74) is 1.27. The molecule has 2 rings (SSSR count). The van der Waals surface area contributed by atoms with Crippen LogP contribution >= 0.6 is 11.8 Å². The molecule has 0 atom stereocenters. The number of thioether (sulfide) groups is 1. The van der Waals surface area contributed by atoms with Gasteiger partial charge in [-0.05, 0) is 5.56 Å². The van der Waals surface area contributed by atoms with E-state index < -0.39 is 0 Å². The fourth-order valence-electron chi connectivity index (χ4n) is 1.02. The number of benzene rings is 1. The van der Waals surface area contributed by atoms with Crippen molar-refractivity contribution in [3.8, 4) is 0 Å². The summed E-state index contributed by atoms with van der Waals surface area (Å²) in [5, 5.41) is 8.38. The van der Waals surface area contributed by atoms with Gasteiger partial charge in [-0.1, -0.05) is 42.1 Å². The molecule has 1 heterocycles. The minimum atomic E-state index is 0.719. The molecule has 0 aliphatic rings. The van der Waals surface area contributed by atoms with Crippen molar-refractivity contribution >= 4 is 11.8 Å². The minimum absolute atomic E-state index is 0.719. The summed E-state index contributed by atoms with van der Waals surface area (Å²) in [6.45, 7) is 0. The van der Waals surface area contributed by atoms with E-state index in [0.717, 1.165) is 10.9 Å². The summed E-state index contributed by atoms with van der Waals surface area (Å²) < 4.78 is 0. The molecule has 0 spiro atoms. The lowest BCUT2D eigenvalue weighted by molar-refractivity contribution is 0.838. The van der Waals surface area contributed by atoms with E-state index in [1.54, 1.807) is 24.2 Å². The maximum absolute atomic E-state index is 4.08. The van der Waals surface area contributed by atoms with Crippen LogP contribution in [0.5, 0.6) is 0 Å². The van der Waals surface area contributed by atoms with E-state index in [4.69, 9.17) is 0 Å². The maximum Gasteiger partial charge on any atom is 0.209 e. The Hall–Kier alpha value is -1.42. The highest BCUT2D eigenvalue weighted by molar-refractivity contribution is 7.98. The Bertz CT molecular complexity index is 338. The van der Waals surface area contributed by atoms with E-state index in [-0.39, 0.29) is 0 Å². The average Bonchev–Trinajstić information content (AvgIpc) is 2.29. The first-order valence-corrected chi connectivity index (χ1v) is 5.24. The lowest BCUT2D eigenvalue weighted by Gasteiger charge is -1.98. The van der Waals surface area contributed by atoms with Crippen molar-refractivity contribution in [3.63, 3.8) is 0 Å².